The summed E-state index contributed by atoms with van der Waals surface area (Å²) < 4.78 is 0. The average Bonchev–Trinajstić information content (AvgIpc) is 2.29. The van der Waals surface area contributed by atoms with Crippen LogP contribution < -0.4 is 5.73 Å². The van der Waals surface area contributed by atoms with Crippen molar-refractivity contribution in [2.45, 2.75) is 57.9 Å². The van der Waals surface area contributed by atoms with Gasteiger partial charge in [-0.15, -0.1) is 0 Å². The average molecular weight is 231 g/mol. The maximum Gasteiger partial charge on any atom is 0.0420 e. The van der Waals surface area contributed by atoms with Gasteiger partial charge >= 0.3 is 0 Å². The number of rotatable bonds is 5. The first-order chi connectivity index (χ1) is 8.14. The minimum absolute atomic E-state index is 0.0500. The third-order valence-electron chi connectivity index (χ3n) is 4.29. The molecule has 1 nitrogen and oxygen atoms in total. The van der Waals surface area contributed by atoms with E-state index < -0.39 is 0 Å². The molecule has 1 fully saturated rings. The van der Waals surface area contributed by atoms with Crippen LogP contribution in [0.1, 0.15) is 57.9 Å². The predicted octanol–water partition coefficient (Wildman–Crippen LogP) is 4.22. The normalized spacial score (nSPS) is 20.9. The molecule has 1 aliphatic carbocycles. The van der Waals surface area contributed by atoms with Crippen molar-refractivity contribution in [3.8, 4) is 0 Å². The molecule has 0 heterocycles. The lowest BCUT2D eigenvalue weighted by atomic mass is 9.52. The molecule has 1 aromatic rings. The zero-order valence-corrected chi connectivity index (χ0v) is 11.2. The van der Waals surface area contributed by atoms with Gasteiger partial charge in [-0.2, -0.15) is 0 Å². The maximum atomic E-state index is 6.56. The zero-order chi connectivity index (χ0) is 12.4. The van der Waals surface area contributed by atoms with Crippen LogP contribution in [0.4, 0.5) is 0 Å². The Kier molecular flexibility index (Phi) is 3.58. The van der Waals surface area contributed by atoms with Crippen molar-refractivity contribution in [2.24, 2.45) is 11.1 Å². The molecule has 2 N–H and O–H groups in total. The van der Waals surface area contributed by atoms with Gasteiger partial charge in [-0.1, -0.05) is 57.0 Å². The second-order valence-electron chi connectivity index (χ2n) is 5.88. The lowest BCUT2D eigenvalue weighted by molar-refractivity contribution is 0.00623. The van der Waals surface area contributed by atoms with Crippen molar-refractivity contribution in [1.29, 1.82) is 0 Å². The van der Waals surface area contributed by atoms with E-state index in [0.717, 1.165) is 0 Å². The summed E-state index contributed by atoms with van der Waals surface area (Å²) >= 11 is 0. The molecule has 1 saturated carbocycles. The molecule has 0 atom stereocenters. The molecule has 94 valence electrons. The number of hydrogen-bond acceptors (Lipinski definition) is 1. The summed E-state index contributed by atoms with van der Waals surface area (Å²) in [4.78, 5) is 0. The van der Waals surface area contributed by atoms with Crippen molar-refractivity contribution in [3.05, 3.63) is 35.9 Å². The van der Waals surface area contributed by atoms with Crippen molar-refractivity contribution in [3.63, 3.8) is 0 Å². The van der Waals surface area contributed by atoms with Gasteiger partial charge in [-0.3, -0.25) is 0 Å². The van der Waals surface area contributed by atoms with Gasteiger partial charge in [-0.05, 0) is 36.7 Å². The van der Waals surface area contributed by atoms with Crippen LogP contribution in [0, 0.1) is 5.41 Å². The topological polar surface area (TPSA) is 26.0 Å². The van der Waals surface area contributed by atoms with E-state index in [-0.39, 0.29) is 5.54 Å². The highest BCUT2D eigenvalue weighted by atomic mass is 14.8. The fourth-order valence-electron chi connectivity index (χ4n) is 3.80. The molecule has 1 heteroatoms. The van der Waals surface area contributed by atoms with Gasteiger partial charge in [0.15, 0.2) is 0 Å². The minimum atomic E-state index is -0.0500. The Morgan fingerprint density at radius 1 is 1.00 bits per heavy atom. The standard InChI is InChI=1S/C16H25N/c1-3-10-15(11-4-2)12-16(17,13-15)14-8-6-5-7-9-14/h5-9H,3-4,10-13,17H2,1-2H3. The van der Waals surface area contributed by atoms with E-state index in [1.165, 1.54) is 44.1 Å². The highest BCUT2D eigenvalue weighted by Gasteiger charge is 2.51. The second-order valence-corrected chi connectivity index (χ2v) is 5.88. The summed E-state index contributed by atoms with van der Waals surface area (Å²) in [6, 6.07) is 10.6. The van der Waals surface area contributed by atoms with Crippen LogP contribution in [-0.2, 0) is 5.54 Å². The van der Waals surface area contributed by atoms with Crippen molar-refractivity contribution in [1.82, 2.24) is 0 Å². The highest BCUT2D eigenvalue weighted by molar-refractivity contribution is 5.28. The van der Waals surface area contributed by atoms with Crippen LogP contribution in [0.15, 0.2) is 30.3 Å². The van der Waals surface area contributed by atoms with Crippen LogP contribution in [0.25, 0.3) is 0 Å². The molecule has 0 aliphatic heterocycles. The molecular formula is C16H25N. The van der Waals surface area contributed by atoms with Crippen LogP contribution in [0.5, 0.6) is 0 Å². The second kappa shape index (κ2) is 4.81. The maximum absolute atomic E-state index is 6.56. The van der Waals surface area contributed by atoms with Gasteiger partial charge in [0, 0.05) is 5.54 Å². The monoisotopic (exact) mass is 231 g/mol. The Labute approximate surface area is 105 Å². The fourth-order valence-corrected chi connectivity index (χ4v) is 3.80. The van der Waals surface area contributed by atoms with Gasteiger partial charge in [0.05, 0.1) is 0 Å². The lowest BCUT2D eigenvalue weighted by Crippen LogP contribution is -2.55. The molecule has 0 radical (unpaired) electrons. The van der Waals surface area contributed by atoms with E-state index in [1.54, 1.807) is 0 Å². The Bertz CT molecular complexity index is 341. The third kappa shape index (κ3) is 2.40. The van der Waals surface area contributed by atoms with Crippen LogP contribution in [0.3, 0.4) is 0 Å². The van der Waals surface area contributed by atoms with Crippen molar-refractivity contribution < 1.29 is 0 Å². The Balaban J connectivity index is 2.09. The number of benzene rings is 1. The summed E-state index contributed by atoms with van der Waals surface area (Å²) in [6.07, 6.45) is 7.59. The van der Waals surface area contributed by atoms with E-state index in [4.69, 9.17) is 5.73 Å². The lowest BCUT2D eigenvalue weighted by Gasteiger charge is -2.55. The molecule has 0 spiro atoms. The summed E-state index contributed by atoms with van der Waals surface area (Å²) in [5.74, 6) is 0. The van der Waals surface area contributed by atoms with Crippen LogP contribution >= 0.6 is 0 Å². The summed E-state index contributed by atoms with van der Waals surface area (Å²) in [6.45, 7) is 4.58. The molecular weight excluding hydrogens is 206 g/mol. The molecule has 0 saturated heterocycles. The van der Waals surface area contributed by atoms with E-state index in [2.05, 4.69) is 44.2 Å². The van der Waals surface area contributed by atoms with Crippen LogP contribution in [-0.4, -0.2) is 0 Å². The highest BCUT2D eigenvalue weighted by Crippen LogP contribution is 2.57. The molecule has 17 heavy (non-hydrogen) atoms. The number of hydrogen-bond donors (Lipinski definition) is 1. The quantitative estimate of drug-likeness (QED) is 0.806. The Morgan fingerprint density at radius 2 is 1.53 bits per heavy atom. The molecule has 2 rings (SSSR count). The Hall–Kier alpha value is -0.820. The van der Waals surface area contributed by atoms with E-state index in [0.29, 0.717) is 5.41 Å². The zero-order valence-electron chi connectivity index (χ0n) is 11.2. The fraction of sp³-hybridized carbons (Fsp3) is 0.625. The summed E-state index contributed by atoms with van der Waals surface area (Å²) in [5.41, 5.74) is 8.37. The first kappa shape index (κ1) is 12.6. The minimum Gasteiger partial charge on any atom is -0.321 e. The van der Waals surface area contributed by atoms with Gasteiger partial charge in [0.1, 0.15) is 0 Å². The molecule has 1 aromatic carbocycles. The summed E-state index contributed by atoms with van der Waals surface area (Å²) in [7, 11) is 0. The van der Waals surface area contributed by atoms with Gasteiger partial charge in [-0.25, -0.2) is 0 Å². The Morgan fingerprint density at radius 3 is 2.00 bits per heavy atom. The van der Waals surface area contributed by atoms with E-state index in [1.807, 2.05) is 0 Å². The first-order valence-electron chi connectivity index (χ1n) is 6.98. The van der Waals surface area contributed by atoms with Gasteiger partial charge in [0.25, 0.3) is 0 Å². The van der Waals surface area contributed by atoms with Gasteiger partial charge < -0.3 is 5.73 Å². The molecule has 0 bridgehead atoms. The summed E-state index contributed by atoms with van der Waals surface area (Å²) in [5, 5.41) is 0. The predicted molar refractivity (Wildman–Crippen MR) is 73.8 cm³/mol. The largest absolute Gasteiger partial charge is 0.321 e. The SMILES string of the molecule is CCCC1(CCC)CC(N)(c2ccccc2)C1. The van der Waals surface area contributed by atoms with Gasteiger partial charge in [0.2, 0.25) is 0 Å². The van der Waals surface area contributed by atoms with Crippen molar-refractivity contribution >= 4 is 0 Å². The van der Waals surface area contributed by atoms with Crippen molar-refractivity contribution in [2.75, 3.05) is 0 Å². The number of nitrogens with two attached hydrogens (primary N) is 1. The molecule has 1 aliphatic rings. The van der Waals surface area contributed by atoms with E-state index in [9.17, 15) is 0 Å². The third-order valence-corrected chi connectivity index (χ3v) is 4.29. The molecule has 0 unspecified atom stereocenters. The van der Waals surface area contributed by atoms with Crippen LogP contribution in [0.2, 0.25) is 0 Å². The molecule has 0 aromatic heterocycles. The smallest absolute Gasteiger partial charge is 0.0420 e. The molecule has 0 amide bonds. The van der Waals surface area contributed by atoms with E-state index >= 15 is 0 Å². The first-order valence-corrected chi connectivity index (χ1v) is 6.98.